The molecule has 3 nitrogen and oxygen atoms in total. The molecular weight excluding hydrogens is 231 g/mol. The number of hydrogen-bond donors (Lipinski definition) is 2. The van der Waals surface area contributed by atoms with E-state index in [2.05, 4.69) is 5.43 Å². The average Bonchev–Trinajstić information content (AvgIpc) is 2.34. The summed E-state index contributed by atoms with van der Waals surface area (Å²) in [6, 6.07) is 4.66. The molecule has 0 spiro atoms. The van der Waals surface area contributed by atoms with Gasteiger partial charge in [0.25, 0.3) is 0 Å². The molecule has 1 aromatic carbocycles. The van der Waals surface area contributed by atoms with Crippen molar-refractivity contribution in [2.24, 2.45) is 5.84 Å². The molecule has 0 bridgehead atoms. The van der Waals surface area contributed by atoms with E-state index in [4.69, 9.17) is 10.6 Å². The standard InChI is InChI=1S/C14H23FN2O/c1-5-14(4,18-6-2)13(17-16)11-9-10(3)7-8-12(11)15/h7-9,13,17H,5-6,16H2,1-4H3. The van der Waals surface area contributed by atoms with Gasteiger partial charge in [0.1, 0.15) is 5.82 Å². The fourth-order valence-electron chi connectivity index (χ4n) is 2.20. The second-order valence-electron chi connectivity index (χ2n) is 4.72. The summed E-state index contributed by atoms with van der Waals surface area (Å²) in [6.07, 6.45) is 0.739. The molecule has 0 amide bonds. The highest BCUT2D eigenvalue weighted by Gasteiger charge is 2.35. The third kappa shape index (κ3) is 3.07. The molecule has 18 heavy (non-hydrogen) atoms. The van der Waals surface area contributed by atoms with Gasteiger partial charge in [0.15, 0.2) is 0 Å². The molecule has 0 aromatic heterocycles. The van der Waals surface area contributed by atoms with Gasteiger partial charge in [-0.3, -0.25) is 5.84 Å². The van der Waals surface area contributed by atoms with Crippen LogP contribution in [0.15, 0.2) is 18.2 Å². The number of rotatable bonds is 6. The van der Waals surface area contributed by atoms with Gasteiger partial charge in [-0.15, -0.1) is 0 Å². The van der Waals surface area contributed by atoms with Gasteiger partial charge >= 0.3 is 0 Å². The van der Waals surface area contributed by atoms with Gasteiger partial charge in [0, 0.05) is 12.2 Å². The van der Waals surface area contributed by atoms with E-state index in [0.717, 1.165) is 12.0 Å². The zero-order valence-corrected chi connectivity index (χ0v) is 11.6. The van der Waals surface area contributed by atoms with Crippen LogP contribution >= 0.6 is 0 Å². The van der Waals surface area contributed by atoms with E-state index in [0.29, 0.717) is 12.2 Å². The van der Waals surface area contributed by atoms with E-state index >= 15 is 0 Å². The van der Waals surface area contributed by atoms with Gasteiger partial charge in [-0.25, -0.2) is 9.82 Å². The lowest BCUT2D eigenvalue weighted by atomic mass is 9.87. The summed E-state index contributed by atoms with van der Waals surface area (Å²) in [5.74, 6) is 5.36. The maximum Gasteiger partial charge on any atom is 0.128 e. The topological polar surface area (TPSA) is 47.3 Å². The highest BCUT2D eigenvalue weighted by molar-refractivity contribution is 5.28. The van der Waals surface area contributed by atoms with Crippen molar-refractivity contribution in [3.05, 3.63) is 35.1 Å². The lowest BCUT2D eigenvalue weighted by molar-refractivity contribution is -0.0571. The van der Waals surface area contributed by atoms with Gasteiger partial charge in [-0.05, 0) is 33.3 Å². The molecule has 0 saturated heterocycles. The molecule has 0 aliphatic rings. The summed E-state index contributed by atoms with van der Waals surface area (Å²) in [4.78, 5) is 0. The van der Waals surface area contributed by atoms with Crippen molar-refractivity contribution >= 4 is 0 Å². The van der Waals surface area contributed by atoms with Gasteiger partial charge in [-0.1, -0.05) is 24.6 Å². The fraction of sp³-hybridized carbons (Fsp3) is 0.571. The van der Waals surface area contributed by atoms with E-state index in [-0.39, 0.29) is 11.9 Å². The fourth-order valence-corrected chi connectivity index (χ4v) is 2.20. The van der Waals surface area contributed by atoms with E-state index in [9.17, 15) is 4.39 Å². The molecule has 2 atom stereocenters. The Kier molecular flexibility index (Phi) is 5.26. The summed E-state index contributed by atoms with van der Waals surface area (Å²) in [6.45, 7) is 8.38. The molecule has 0 fully saturated rings. The number of nitrogens with one attached hydrogen (secondary N) is 1. The second kappa shape index (κ2) is 6.27. The molecule has 0 radical (unpaired) electrons. The Hall–Kier alpha value is -0.970. The molecular formula is C14H23FN2O. The van der Waals surface area contributed by atoms with Gasteiger partial charge in [-0.2, -0.15) is 0 Å². The van der Waals surface area contributed by atoms with Crippen LogP contribution in [0.4, 0.5) is 4.39 Å². The van der Waals surface area contributed by atoms with Crippen LogP contribution < -0.4 is 11.3 Å². The van der Waals surface area contributed by atoms with Crippen molar-refractivity contribution in [2.45, 2.75) is 45.8 Å². The predicted octanol–water partition coefficient (Wildman–Crippen LogP) is 2.84. The first-order valence-corrected chi connectivity index (χ1v) is 6.34. The first-order chi connectivity index (χ1) is 8.48. The maximum atomic E-state index is 14.0. The normalized spacial score (nSPS) is 16.3. The average molecular weight is 254 g/mol. The second-order valence-corrected chi connectivity index (χ2v) is 4.72. The zero-order valence-electron chi connectivity index (χ0n) is 11.6. The van der Waals surface area contributed by atoms with Crippen LogP contribution in [0.5, 0.6) is 0 Å². The zero-order chi connectivity index (χ0) is 13.8. The molecule has 4 heteroatoms. The van der Waals surface area contributed by atoms with Crippen molar-refractivity contribution < 1.29 is 9.13 Å². The summed E-state index contributed by atoms with van der Waals surface area (Å²) >= 11 is 0. The third-order valence-corrected chi connectivity index (χ3v) is 3.42. The number of nitrogens with two attached hydrogens (primary N) is 1. The summed E-state index contributed by atoms with van der Waals surface area (Å²) < 4.78 is 19.7. The van der Waals surface area contributed by atoms with Gasteiger partial charge < -0.3 is 4.74 Å². The Bertz CT molecular complexity index is 397. The number of hydrogen-bond acceptors (Lipinski definition) is 3. The molecule has 1 aromatic rings. The van der Waals surface area contributed by atoms with Gasteiger partial charge in [0.05, 0.1) is 11.6 Å². The monoisotopic (exact) mass is 254 g/mol. The number of halogens is 1. The Labute approximate surface area is 108 Å². The molecule has 1 rings (SSSR count). The number of ether oxygens (including phenoxy) is 1. The number of aryl methyl sites for hydroxylation is 1. The molecule has 0 saturated carbocycles. The summed E-state index contributed by atoms with van der Waals surface area (Å²) in [7, 11) is 0. The first kappa shape index (κ1) is 15.1. The molecule has 0 aliphatic carbocycles. The van der Waals surface area contributed by atoms with Crippen molar-refractivity contribution in [2.75, 3.05) is 6.61 Å². The van der Waals surface area contributed by atoms with Crippen LogP contribution in [0, 0.1) is 12.7 Å². The van der Waals surface area contributed by atoms with E-state index in [1.807, 2.05) is 33.8 Å². The maximum absolute atomic E-state index is 14.0. The lowest BCUT2D eigenvalue weighted by Crippen LogP contribution is -2.46. The van der Waals surface area contributed by atoms with Crippen LogP contribution in [0.3, 0.4) is 0 Å². The number of hydrazine groups is 1. The van der Waals surface area contributed by atoms with Crippen LogP contribution in [0.25, 0.3) is 0 Å². The molecule has 102 valence electrons. The molecule has 2 unspecified atom stereocenters. The van der Waals surface area contributed by atoms with Crippen LogP contribution in [-0.2, 0) is 4.74 Å². The molecule has 3 N–H and O–H groups in total. The van der Waals surface area contributed by atoms with Crippen molar-refractivity contribution in [3.63, 3.8) is 0 Å². The Balaban J connectivity index is 3.19. The van der Waals surface area contributed by atoms with E-state index in [1.165, 1.54) is 6.07 Å². The van der Waals surface area contributed by atoms with Gasteiger partial charge in [0.2, 0.25) is 0 Å². The largest absolute Gasteiger partial charge is 0.374 e. The summed E-state index contributed by atoms with van der Waals surface area (Å²) in [5, 5.41) is 0. The smallest absolute Gasteiger partial charge is 0.128 e. The Morgan fingerprint density at radius 3 is 2.61 bits per heavy atom. The minimum Gasteiger partial charge on any atom is -0.374 e. The quantitative estimate of drug-likeness (QED) is 0.606. The highest BCUT2D eigenvalue weighted by Crippen LogP contribution is 2.33. The number of benzene rings is 1. The predicted molar refractivity (Wildman–Crippen MR) is 71.5 cm³/mol. The van der Waals surface area contributed by atoms with Crippen LogP contribution in [0.2, 0.25) is 0 Å². The van der Waals surface area contributed by atoms with Crippen molar-refractivity contribution in [1.29, 1.82) is 0 Å². The molecule has 0 heterocycles. The first-order valence-electron chi connectivity index (χ1n) is 6.34. The van der Waals surface area contributed by atoms with Crippen LogP contribution in [0.1, 0.15) is 44.4 Å². The lowest BCUT2D eigenvalue weighted by Gasteiger charge is -2.36. The highest BCUT2D eigenvalue weighted by atomic mass is 19.1. The Morgan fingerprint density at radius 2 is 2.11 bits per heavy atom. The van der Waals surface area contributed by atoms with E-state index < -0.39 is 5.60 Å². The minimum absolute atomic E-state index is 0.261. The summed E-state index contributed by atoms with van der Waals surface area (Å²) in [5.41, 5.74) is 3.72. The van der Waals surface area contributed by atoms with Crippen LogP contribution in [-0.4, -0.2) is 12.2 Å². The van der Waals surface area contributed by atoms with Crippen molar-refractivity contribution in [3.8, 4) is 0 Å². The minimum atomic E-state index is -0.530. The molecule has 0 aliphatic heterocycles. The Morgan fingerprint density at radius 1 is 1.44 bits per heavy atom. The van der Waals surface area contributed by atoms with Crippen molar-refractivity contribution in [1.82, 2.24) is 5.43 Å². The third-order valence-electron chi connectivity index (χ3n) is 3.42. The van der Waals surface area contributed by atoms with E-state index in [1.54, 1.807) is 6.07 Å². The SMILES string of the molecule is CCOC(C)(CC)C(NN)c1cc(C)ccc1F.